The monoisotopic (exact) mass is 1320 g/mol. The molecule has 0 radical (unpaired) electrons. The van der Waals surface area contributed by atoms with E-state index >= 15 is 0 Å². The Labute approximate surface area is 489 Å². The van der Waals surface area contributed by atoms with Crippen LogP contribution in [-0.4, -0.2) is 68.3 Å². The zero-order valence-corrected chi connectivity index (χ0v) is 50.8. The lowest BCUT2D eigenvalue weighted by Crippen LogP contribution is -3.00. The van der Waals surface area contributed by atoms with Gasteiger partial charge in [-0.1, -0.05) is 60.3 Å². The summed E-state index contributed by atoms with van der Waals surface area (Å²) >= 11 is 7.06. The van der Waals surface area contributed by atoms with Crippen LogP contribution in [0.5, 0.6) is 0 Å². The molecule has 0 saturated carbocycles. The number of para-hydroxylation sites is 2. The third-order valence-corrected chi connectivity index (χ3v) is 18.2. The number of thiazole rings is 2. The summed E-state index contributed by atoms with van der Waals surface area (Å²) in [7, 11) is 7.89. The van der Waals surface area contributed by atoms with Crippen molar-refractivity contribution in [2.24, 2.45) is 24.1 Å². The molecule has 388 valence electrons. The van der Waals surface area contributed by atoms with Crippen molar-refractivity contribution in [2.45, 2.75) is 45.7 Å². The average molecular weight is 1320 g/mol. The van der Waals surface area contributed by atoms with Crippen LogP contribution in [0.15, 0.2) is 151 Å². The predicted molar refractivity (Wildman–Crippen MR) is 303 cm³/mol. The van der Waals surface area contributed by atoms with Gasteiger partial charge in [0.1, 0.15) is 19.1 Å². The van der Waals surface area contributed by atoms with Gasteiger partial charge in [0.05, 0.1) is 46.3 Å². The first-order valence-corrected chi connectivity index (χ1v) is 27.8. The molecule has 0 atom stereocenters. The van der Waals surface area contributed by atoms with E-state index in [-0.39, 0.29) is 70.9 Å². The Morgan fingerprint density at radius 2 is 1.01 bits per heavy atom. The largest absolute Gasteiger partial charge is 1.00 e. The highest BCUT2D eigenvalue weighted by molar-refractivity contribution is 8.23. The fourth-order valence-electron chi connectivity index (χ4n) is 8.33. The van der Waals surface area contributed by atoms with Gasteiger partial charge in [-0.25, -0.2) is 9.13 Å². The van der Waals surface area contributed by atoms with Crippen molar-refractivity contribution in [3.05, 3.63) is 171 Å². The molecule has 0 unspecified atom stereocenters. The minimum absolute atomic E-state index is 0. The summed E-state index contributed by atoms with van der Waals surface area (Å²) in [5, 5.41) is 2.29. The molecule has 10 rings (SSSR count). The topological polar surface area (TPSA) is 124 Å². The fraction of sp³-hybridized carbons (Fsp3) is 0.222. The van der Waals surface area contributed by atoms with Gasteiger partial charge in [0, 0.05) is 68.7 Å². The second kappa shape index (κ2) is 25.2. The number of nitrogens with zero attached hydrogens (tertiary/aromatic N) is 10. The molecule has 14 nitrogen and oxygen atoms in total. The number of hydrogen-bond acceptors (Lipinski definition) is 13. The van der Waals surface area contributed by atoms with E-state index in [1.165, 1.54) is 51.1 Å². The molecule has 4 aliphatic rings. The summed E-state index contributed by atoms with van der Waals surface area (Å²) < 4.78 is 9.74. The van der Waals surface area contributed by atoms with Gasteiger partial charge in [-0.15, -0.1) is 22.7 Å². The number of hydrogen-bond donors (Lipinski definition) is 0. The average Bonchev–Trinajstić information content (AvgIpc) is 4.17. The molecule has 4 aliphatic heterocycles. The summed E-state index contributed by atoms with van der Waals surface area (Å²) in [6.45, 7) is 9.68. The second-order valence-corrected chi connectivity index (χ2v) is 21.8. The molecular formula is C54H54I2N10O4S5. The highest BCUT2D eigenvalue weighted by Gasteiger charge is 2.39. The molecule has 2 aromatic carbocycles. The standard InChI is InChI=1S/C28H28N5O2S2.C26H26N5O2S3.2HI/c1-5-32-25(34)22(17-16-20-15-14-19-11-7-8-12-21(19)31(20)4)36-27(32)24-26(35)33(6-2)28(37-24)29-23-13-9-10-18-30(23)3;1-5-30-23(32)19(14-15-21-29(4)17-11-7-8-12-18(17)34-21)35-25(30)22-24(33)31(6-2)26(36-22)27-20-13-9-10-16-28(20)3;;/h7-18H,5-6H2,1-4H3;7-16H,5-6H2,1-4H3;2*1H/q2*+1;;/p-2/b20-16+,22-17-,27-24-;19-14-,21-15-,25-22-;;. The van der Waals surface area contributed by atoms with Crippen molar-refractivity contribution >= 4 is 131 Å². The lowest BCUT2D eigenvalue weighted by molar-refractivity contribution is -0.658. The van der Waals surface area contributed by atoms with Crippen molar-refractivity contribution in [1.82, 2.24) is 18.9 Å². The summed E-state index contributed by atoms with van der Waals surface area (Å²) in [6.07, 6.45) is 15.6. The first-order valence-electron chi connectivity index (χ1n) is 23.7. The maximum absolute atomic E-state index is 13.4. The quantitative estimate of drug-likeness (QED) is 0.153. The molecule has 2 amide bonds. The Hall–Kier alpha value is -5.31. The molecule has 2 saturated heterocycles. The Balaban J connectivity index is 0.000000213. The molecule has 6 aromatic rings. The number of pyridine rings is 2. The Morgan fingerprint density at radius 3 is 1.51 bits per heavy atom. The maximum Gasteiger partial charge on any atom is 0.326 e. The highest BCUT2D eigenvalue weighted by Crippen LogP contribution is 2.44. The van der Waals surface area contributed by atoms with Crippen LogP contribution in [0.1, 0.15) is 33.3 Å². The Bertz CT molecular complexity index is 3760. The number of aromatic nitrogens is 4. The number of benzene rings is 2. The van der Waals surface area contributed by atoms with Gasteiger partial charge in [-0.2, -0.15) is 0 Å². The number of amidine groups is 2. The smallest absolute Gasteiger partial charge is 0.326 e. The highest BCUT2D eigenvalue weighted by atomic mass is 127. The van der Waals surface area contributed by atoms with Crippen molar-refractivity contribution in [1.29, 1.82) is 0 Å². The van der Waals surface area contributed by atoms with Crippen LogP contribution in [0, 0.1) is 0 Å². The van der Waals surface area contributed by atoms with Gasteiger partial charge in [0.15, 0.2) is 0 Å². The third kappa shape index (κ3) is 11.7. The molecule has 75 heavy (non-hydrogen) atoms. The minimum Gasteiger partial charge on any atom is -1.00 e. The number of thioether (sulfide) groups is 3. The van der Waals surface area contributed by atoms with Crippen LogP contribution >= 0.6 is 58.0 Å². The number of halogens is 2. The Morgan fingerprint density at radius 1 is 0.533 bits per heavy atom. The first-order chi connectivity index (χ1) is 35.3. The van der Waals surface area contributed by atoms with Crippen molar-refractivity contribution in [2.75, 3.05) is 37.0 Å². The summed E-state index contributed by atoms with van der Waals surface area (Å²) in [5.74, 6) is 1.27. The number of amides is 2. The molecule has 2 fully saturated rings. The number of likely N-dealkylation sites (N-methyl/N-ethyl adjacent to an activating group) is 1. The van der Waals surface area contributed by atoms with Crippen LogP contribution in [0.25, 0.3) is 28.0 Å². The SMILES string of the molecule is CCN1C(=O)/C(=c2/s/c(=C\C=C3/C=Cc4ccccc4N3C)c(=O)n2CC)SC1=Nc1cccc[n+]1C.CCN1C(=O)/C(=c2/s/c(=C\C=C3/Sc4ccccc4N3C)c(=O)n2CC)SC1=Nc1cccc[n+]1C.[I-].[I-]. The molecule has 4 aromatic heterocycles. The number of fused-ring (bicyclic) bond motifs is 2. The second-order valence-electron chi connectivity index (χ2n) is 16.7. The van der Waals surface area contributed by atoms with E-state index in [9.17, 15) is 19.2 Å². The van der Waals surface area contributed by atoms with E-state index in [2.05, 4.69) is 40.1 Å². The number of allylic oxidation sites excluding steroid dienone is 3. The van der Waals surface area contributed by atoms with E-state index in [0.29, 0.717) is 64.7 Å². The number of aliphatic imine (C=N–C) groups is 2. The molecular weight excluding hydrogens is 1270 g/mol. The van der Waals surface area contributed by atoms with Crippen molar-refractivity contribution in [3.8, 4) is 0 Å². The molecule has 0 aliphatic carbocycles. The molecule has 21 heteroatoms. The summed E-state index contributed by atoms with van der Waals surface area (Å²) in [5.41, 5.74) is 4.24. The van der Waals surface area contributed by atoms with Crippen LogP contribution in [-0.2, 0) is 36.8 Å². The van der Waals surface area contributed by atoms with E-state index < -0.39 is 0 Å². The van der Waals surface area contributed by atoms with Gasteiger partial charge in [-0.05, 0) is 127 Å². The number of carbonyl (C=O) groups excluding carboxylic acids is 2. The van der Waals surface area contributed by atoms with Crippen LogP contribution in [0.4, 0.5) is 23.0 Å². The summed E-state index contributed by atoms with van der Waals surface area (Å²) in [6, 6.07) is 28.0. The number of rotatable bonds is 8. The maximum atomic E-state index is 13.4. The molecule has 0 spiro atoms. The third-order valence-electron chi connectivity index (χ3n) is 12.3. The van der Waals surface area contributed by atoms with Gasteiger partial charge in [0.2, 0.25) is 0 Å². The van der Waals surface area contributed by atoms with Crippen LogP contribution < -0.4 is 96.4 Å². The predicted octanol–water partition coefficient (Wildman–Crippen LogP) is -0.00960. The van der Waals surface area contributed by atoms with E-state index in [0.717, 1.165) is 39.3 Å². The van der Waals surface area contributed by atoms with Gasteiger partial charge >= 0.3 is 11.6 Å². The molecule has 0 bridgehead atoms. The Kier molecular flexibility index (Phi) is 19.3. The zero-order chi connectivity index (χ0) is 51.5. The van der Waals surface area contributed by atoms with E-state index in [1.807, 2.05) is 168 Å². The van der Waals surface area contributed by atoms with E-state index in [4.69, 9.17) is 9.98 Å². The number of anilines is 2. The number of aryl methyl sites for hydroxylation is 2. The van der Waals surface area contributed by atoms with Gasteiger partial charge in [0.25, 0.3) is 33.3 Å². The number of carbonyl (C=O) groups is 2. The van der Waals surface area contributed by atoms with Crippen molar-refractivity contribution in [3.63, 3.8) is 0 Å². The van der Waals surface area contributed by atoms with Gasteiger partial charge < -0.3 is 57.8 Å². The molecule has 0 N–H and O–H groups in total. The normalized spacial score (nSPS) is 19.1. The summed E-state index contributed by atoms with van der Waals surface area (Å²) in [4.78, 5) is 72.7. The van der Waals surface area contributed by atoms with Crippen LogP contribution in [0.2, 0.25) is 0 Å². The molecule has 8 heterocycles. The minimum atomic E-state index is -0.121. The van der Waals surface area contributed by atoms with Gasteiger partial charge in [-0.3, -0.25) is 38.1 Å². The first kappa shape index (κ1) is 57.4. The van der Waals surface area contributed by atoms with Crippen LogP contribution in [0.3, 0.4) is 0 Å². The van der Waals surface area contributed by atoms with Crippen molar-refractivity contribution < 1.29 is 66.7 Å². The lowest BCUT2D eigenvalue weighted by atomic mass is 10.1. The van der Waals surface area contributed by atoms with E-state index in [1.54, 1.807) is 30.7 Å². The zero-order valence-electron chi connectivity index (χ0n) is 42.4. The lowest BCUT2D eigenvalue weighted by Gasteiger charge is -2.25. The fourth-order valence-corrected chi connectivity index (χ4v) is 14.1.